The average molecular weight is 571 g/mol. The van der Waals surface area contributed by atoms with Gasteiger partial charge in [0.15, 0.2) is 11.6 Å². The monoisotopic (exact) mass is 570 g/mol. The quantitative estimate of drug-likeness (QED) is 0.189. The molecular weight excluding hydrogens is 551 g/mol. The lowest BCUT2D eigenvalue weighted by Gasteiger charge is -2.13. The lowest BCUT2D eigenvalue weighted by atomic mass is 10.0. The SMILES string of the molecule is C=CC(=O)Nc1ccccc1Nc1nc(Nc2ccc3c(c2)/C(=C/c2ccc(Br)cc2)C(=O)N3)ncc1F. The number of aromatic nitrogens is 2. The van der Waals surface area contributed by atoms with E-state index in [0.29, 0.717) is 28.3 Å². The number of anilines is 6. The fourth-order valence-electron chi connectivity index (χ4n) is 3.79. The summed E-state index contributed by atoms with van der Waals surface area (Å²) in [5.74, 6) is -1.23. The van der Waals surface area contributed by atoms with Gasteiger partial charge < -0.3 is 21.3 Å². The van der Waals surface area contributed by atoms with Crippen molar-refractivity contribution >= 4 is 73.9 Å². The van der Waals surface area contributed by atoms with Crippen LogP contribution in [-0.2, 0) is 9.59 Å². The highest BCUT2D eigenvalue weighted by Crippen LogP contribution is 2.36. The number of benzene rings is 3. The third-order valence-electron chi connectivity index (χ3n) is 5.61. The summed E-state index contributed by atoms with van der Waals surface area (Å²) in [6.45, 7) is 3.44. The van der Waals surface area contributed by atoms with Crippen molar-refractivity contribution in [3.8, 4) is 0 Å². The standard InChI is InChI=1S/C28H20BrFN6O2/c1-2-25(37)33-23-5-3-4-6-24(23)34-26-21(30)15-31-28(36-26)32-18-11-12-22-19(14-18)20(27(38)35-22)13-16-7-9-17(29)10-8-16/h2-15H,1H2,(H,33,37)(H,35,38)(H2,31,32,34,36)/b20-13-. The van der Waals surface area contributed by atoms with Crippen LogP contribution in [0, 0.1) is 5.82 Å². The first-order valence-corrected chi connectivity index (χ1v) is 12.2. The van der Waals surface area contributed by atoms with Gasteiger partial charge in [0, 0.05) is 27.0 Å². The van der Waals surface area contributed by atoms with Crippen molar-refractivity contribution in [2.45, 2.75) is 0 Å². The second-order valence-corrected chi connectivity index (χ2v) is 9.12. The molecule has 38 heavy (non-hydrogen) atoms. The van der Waals surface area contributed by atoms with Gasteiger partial charge >= 0.3 is 0 Å². The Balaban J connectivity index is 1.40. The lowest BCUT2D eigenvalue weighted by molar-refractivity contribution is -0.112. The van der Waals surface area contributed by atoms with Gasteiger partial charge in [-0.25, -0.2) is 9.37 Å². The summed E-state index contributed by atoms with van der Waals surface area (Å²) in [5.41, 5.74) is 4.29. The highest BCUT2D eigenvalue weighted by Gasteiger charge is 2.24. The molecule has 0 radical (unpaired) electrons. The molecule has 1 aliphatic rings. The van der Waals surface area contributed by atoms with E-state index in [1.807, 2.05) is 30.3 Å². The Morgan fingerprint density at radius 1 is 1.03 bits per heavy atom. The summed E-state index contributed by atoms with van der Waals surface area (Å²) in [6, 6.07) is 19.8. The maximum Gasteiger partial charge on any atom is 0.256 e. The summed E-state index contributed by atoms with van der Waals surface area (Å²) in [7, 11) is 0. The highest BCUT2D eigenvalue weighted by molar-refractivity contribution is 9.10. The molecule has 4 N–H and O–H groups in total. The van der Waals surface area contributed by atoms with Crippen LogP contribution in [-0.4, -0.2) is 21.8 Å². The molecule has 1 aliphatic heterocycles. The Morgan fingerprint density at radius 3 is 2.55 bits per heavy atom. The number of para-hydroxylation sites is 2. The third-order valence-corrected chi connectivity index (χ3v) is 6.14. The Kier molecular flexibility index (Phi) is 6.96. The number of nitrogens with one attached hydrogen (secondary N) is 4. The molecule has 0 spiro atoms. The summed E-state index contributed by atoms with van der Waals surface area (Å²) in [5, 5.41) is 11.5. The molecule has 8 nitrogen and oxygen atoms in total. The second-order valence-electron chi connectivity index (χ2n) is 8.20. The maximum atomic E-state index is 14.6. The lowest BCUT2D eigenvalue weighted by Crippen LogP contribution is -2.10. The van der Waals surface area contributed by atoms with Crippen molar-refractivity contribution in [2.24, 2.45) is 0 Å². The molecule has 10 heteroatoms. The zero-order valence-electron chi connectivity index (χ0n) is 19.8. The van der Waals surface area contributed by atoms with Gasteiger partial charge in [0.25, 0.3) is 5.91 Å². The molecule has 3 aromatic carbocycles. The number of hydrogen-bond donors (Lipinski definition) is 4. The molecule has 2 heterocycles. The normalized spacial score (nSPS) is 13.0. The van der Waals surface area contributed by atoms with Crippen molar-refractivity contribution in [1.29, 1.82) is 0 Å². The smallest absolute Gasteiger partial charge is 0.256 e. The zero-order chi connectivity index (χ0) is 26.6. The molecule has 0 saturated heterocycles. The van der Waals surface area contributed by atoms with E-state index in [1.54, 1.807) is 42.5 Å². The van der Waals surface area contributed by atoms with E-state index in [-0.39, 0.29) is 17.7 Å². The number of carbonyl (C=O) groups excluding carboxylic acids is 2. The minimum atomic E-state index is -0.677. The van der Waals surface area contributed by atoms with Crippen molar-refractivity contribution in [1.82, 2.24) is 9.97 Å². The zero-order valence-corrected chi connectivity index (χ0v) is 21.3. The largest absolute Gasteiger partial charge is 0.336 e. The Hall–Kier alpha value is -4.83. The van der Waals surface area contributed by atoms with Crippen LogP contribution in [0.3, 0.4) is 0 Å². The molecule has 0 unspecified atom stereocenters. The van der Waals surface area contributed by atoms with Crippen LogP contribution in [0.1, 0.15) is 11.1 Å². The van der Waals surface area contributed by atoms with E-state index >= 15 is 0 Å². The molecule has 188 valence electrons. The van der Waals surface area contributed by atoms with Gasteiger partial charge in [-0.15, -0.1) is 0 Å². The molecule has 0 atom stereocenters. The van der Waals surface area contributed by atoms with E-state index in [0.717, 1.165) is 27.9 Å². The van der Waals surface area contributed by atoms with Crippen LogP contribution in [0.4, 0.5) is 38.9 Å². The van der Waals surface area contributed by atoms with Gasteiger partial charge in [0.2, 0.25) is 11.9 Å². The van der Waals surface area contributed by atoms with Crippen molar-refractivity contribution in [2.75, 3.05) is 21.3 Å². The van der Waals surface area contributed by atoms with Crippen LogP contribution in [0.5, 0.6) is 0 Å². The van der Waals surface area contributed by atoms with Crippen LogP contribution >= 0.6 is 15.9 Å². The number of halogens is 2. The number of nitrogens with zero attached hydrogens (tertiary/aromatic N) is 2. The van der Waals surface area contributed by atoms with Crippen LogP contribution in [0.2, 0.25) is 0 Å². The van der Waals surface area contributed by atoms with E-state index in [1.165, 1.54) is 0 Å². The number of carbonyl (C=O) groups is 2. The second kappa shape index (κ2) is 10.7. The van der Waals surface area contributed by atoms with Crippen molar-refractivity contribution < 1.29 is 14.0 Å². The molecule has 0 saturated carbocycles. The number of hydrogen-bond acceptors (Lipinski definition) is 6. The molecule has 2 amide bonds. The predicted octanol–water partition coefficient (Wildman–Crippen LogP) is 6.48. The van der Waals surface area contributed by atoms with Gasteiger partial charge in [-0.05, 0) is 60.2 Å². The summed E-state index contributed by atoms with van der Waals surface area (Å²) in [4.78, 5) is 32.7. The minimum Gasteiger partial charge on any atom is -0.336 e. The molecule has 1 aromatic heterocycles. The van der Waals surface area contributed by atoms with E-state index in [4.69, 9.17) is 0 Å². The van der Waals surface area contributed by atoms with Crippen LogP contribution in [0.25, 0.3) is 11.6 Å². The van der Waals surface area contributed by atoms with Crippen molar-refractivity contribution in [3.63, 3.8) is 0 Å². The molecular formula is C28H20BrFN6O2. The first-order valence-electron chi connectivity index (χ1n) is 11.4. The molecule has 0 aliphatic carbocycles. The van der Waals surface area contributed by atoms with Gasteiger partial charge in [-0.1, -0.05) is 46.8 Å². The maximum absolute atomic E-state index is 14.6. The summed E-state index contributed by atoms with van der Waals surface area (Å²) >= 11 is 3.41. The third kappa shape index (κ3) is 5.45. The van der Waals surface area contributed by atoms with E-state index in [2.05, 4.69) is 53.7 Å². The topological polar surface area (TPSA) is 108 Å². The van der Waals surface area contributed by atoms with Gasteiger partial charge in [0.1, 0.15) is 0 Å². The van der Waals surface area contributed by atoms with Crippen LogP contribution in [0.15, 0.2) is 90.1 Å². The van der Waals surface area contributed by atoms with Gasteiger partial charge in [-0.2, -0.15) is 4.98 Å². The number of fused-ring (bicyclic) bond motifs is 1. The van der Waals surface area contributed by atoms with E-state index < -0.39 is 11.7 Å². The Bertz CT molecular complexity index is 1600. The Labute approximate surface area is 225 Å². The van der Waals surface area contributed by atoms with Gasteiger partial charge in [0.05, 0.1) is 17.6 Å². The minimum absolute atomic E-state index is 0.0865. The van der Waals surface area contributed by atoms with Crippen LogP contribution < -0.4 is 21.3 Å². The molecule has 0 bridgehead atoms. The number of amides is 2. The molecule has 0 fully saturated rings. The summed E-state index contributed by atoms with van der Waals surface area (Å²) < 4.78 is 15.5. The van der Waals surface area contributed by atoms with Gasteiger partial charge in [-0.3, -0.25) is 9.59 Å². The highest BCUT2D eigenvalue weighted by atomic mass is 79.9. The molecule has 5 rings (SSSR count). The first kappa shape index (κ1) is 24.8. The average Bonchev–Trinajstić information content (AvgIpc) is 3.22. The molecule has 4 aromatic rings. The summed E-state index contributed by atoms with van der Waals surface area (Å²) in [6.07, 6.45) is 4.00. The van der Waals surface area contributed by atoms with Crippen molar-refractivity contribution in [3.05, 3.63) is 107 Å². The van der Waals surface area contributed by atoms with E-state index in [9.17, 15) is 14.0 Å². The predicted molar refractivity (Wildman–Crippen MR) is 151 cm³/mol. The first-order chi connectivity index (χ1) is 18.4. The number of rotatable bonds is 7. The fourth-order valence-corrected chi connectivity index (χ4v) is 4.06. The Morgan fingerprint density at radius 2 is 1.79 bits per heavy atom. The fraction of sp³-hybridized carbons (Fsp3) is 0.